The average Bonchev–Trinajstić information content (AvgIpc) is 2.77. The second-order valence-corrected chi connectivity index (χ2v) is 9.05. The van der Waals surface area contributed by atoms with Crippen LogP contribution in [-0.4, -0.2) is 36.7 Å². The van der Waals surface area contributed by atoms with Crippen LogP contribution in [0.3, 0.4) is 0 Å². The molecule has 6 nitrogen and oxygen atoms in total. The molecule has 0 radical (unpaired) electrons. The highest BCUT2D eigenvalue weighted by Crippen LogP contribution is 2.13. The topological polar surface area (TPSA) is 86.7 Å². The summed E-state index contributed by atoms with van der Waals surface area (Å²) in [6, 6.07) is 8.94. The van der Waals surface area contributed by atoms with E-state index in [1.807, 2.05) is 0 Å². The standard InChI is InChI=1S/C28H42O6/c1-23(29)21-27(31)33-19-11-7-3-5-9-13-25-15-17-26(18-16-25)14-10-6-4-8-12-20-34-28(32)22-24(2)30/h15-18H,3-14,19-22H2,1-2H3. The summed E-state index contributed by atoms with van der Waals surface area (Å²) in [6.07, 6.45) is 12.6. The minimum Gasteiger partial charge on any atom is -0.465 e. The molecule has 0 atom stereocenters. The van der Waals surface area contributed by atoms with Crippen molar-refractivity contribution in [3.05, 3.63) is 35.4 Å². The number of carbonyl (C=O) groups excluding carboxylic acids is 4. The molecule has 0 fully saturated rings. The third kappa shape index (κ3) is 17.0. The normalized spacial score (nSPS) is 10.6. The van der Waals surface area contributed by atoms with Crippen molar-refractivity contribution >= 4 is 23.5 Å². The molecule has 0 amide bonds. The van der Waals surface area contributed by atoms with E-state index in [4.69, 9.17) is 9.47 Å². The van der Waals surface area contributed by atoms with Crippen LogP contribution in [-0.2, 0) is 41.5 Å². The van der Waals surface area contributed by atoms with E-state index in [1.54, 1.807) is 0 Å². The van der Waals surface area contributed by atoms with Gasteiger partial charge in [-0.25, -0.2) is 0 Å². The number of hydrogen-bond acceptors (Lipinski definition) is 6. The van der Waals surface area contributed by atoms with E-state index in [-0.39, 0.29) is 24.4 Å². The molecule has 0 unspecified atom stereocenters. The van der Waals surface area contributed by atoms with Crippen LogP contribution >= 0.6 is 0 Å². The molecule has 0 aromatic heterocycles. The van der Waals surface area contributed by atoms with Crippen LogP contribution < -0.4 is 0 Å². The van der Waals surface area contributed by atoms with Crippen molar-refractivity contribution in [2.24, 2.45) is 0 Å². The van der Waals surface area contributed by atoms with Crippen LogP contribution in [0.5, 0.6) is 0 Å². The SMILES string of the molecule is CC(=O)CC(=O)OCCCCCCCc1ccc(CCCCCCCOC(=O)CC(C)=O)cc1. The van der Waals surface area contributed by atoms with E-state index in [0.29, 0.717) is 13.2 Å². The number of rotatable bonds is 20. The fraction of sp³-hybridized carbons (Fsp3) is 0.643. The molecular weight excluding hydrogens is 432 g/mol. The van der Waals surface area contributed by atoms with Gasteiger partial charge in [0.25, 0.3) is 0 Å². The van der Waals surface area contributed by atoms with Crippen molar-refractivity contribution in [3.63, 3.8) is 0 Å². The van der Waals surface area contributed by atoms with E-state index < -0.39 is 11.9 Å². The zero-order chi connectivity index (χ0) is 25.0. The van der Waals surface area contributed by atoms with Gasteiger partial charge in [0.15, 0.2) is 0 Å². The van der Waals surface area contributed by atoms with E-state index in [0.717, 1.165) is 64.2 Å². The van der Waals surface area contributed by atoms with Gasteiger partial charge in [0.05, 0.1) is 13.2 Å². The Balaban J connectivity index is 1.97. The average molecular weight is 475 g/mol. The lowest BCUT2D eigenvalue weighted by atomic mass is 10.0. The molecule has 0 saturated carbocycles. The van der Waals surface area contributed by atoms with Gasteiger partial charge in [0.1, 0.15) is 24.4 Å². The molecular formula is C28H42O6. The number of ether oxygens (including phenoxy) is 2. The molecule has 190 valence electrons. The Kier molecular flexibility index (Phi) is 16.4. The smallest absolute Gasteiger partial charge is 0.313 e. The summed E-state index contributed by atoms with van der Waals surface area (Å²) in [6.45, 7) is 3.60. The first-order valence-electron chi connectivity index (χ1n) is 12.7. The maximum atomic E-state index is 11.3. The summed E-state index contributed by atoms with van der Waals surface area (Å²) in [7, 11) is 0. The van der Waals surface area contributed by atoms with E-state index in [2.05, 4.69) is 24.3 Å². The van der Waals surface area contributed by atoms with Crippen molar-refractivity contribution < 1.29 is 28.7 Å². The van der Waals surface area contributed by atoms with E-state index in [9.17, 15) is 19.2 Å². The van der Waals surface area contributed by atoms with E-state index >= 15 is 0 Å². The van der Waals surface area contributed by atoms with Crippen molar-refractivity contribution in [3.8, 4) is 0 Å². The number of esters is 2. The van der Waals surface area contributed by atoms with E-state index in [1.165, 1.54) is 37.8 Å². The monoisotopic (exact) mass is 474 g/mol. The van der Waals surface area contributed by atoms with Gasteiger partial charge in [-0.3, -0.25) is 19.2 Å². The molecule has 0 bridgehead atoms. The summed E-state index contributed by atoms with van der Waals surface area (Å²) < 4.78 is 10.1. The van der Waals surface area contributed by atoms with Crippen molar-refractivity contribution in [2.45, 2.75) is 104 Å². The predicted octanol–water partition coefficient (Wildman–Crippen LogP) is 5.72. The molecule has 0 spiro atoms. The first-order valence-corrected chi connectivity index (χ1v) is 12.7. The van der Waals surface area contributed by atoms with Gasteiger partial charge >= 0.3 is 11.9 Å². The molecule has 0 aliphatic heterocycles. The summed E-state index contributed by atoms with van der Waals surface area (Å²) in [5, 5.41) is 0. The molecule has 1 aromatic rings. The lowest BCUT2D eigenvalue weighted by Crippen LogP contribution is -2.09. The van der Waals surface area contributed by atoms with Crippen LogP contribution in [0, 0.1) is 0 Å². The maximum absolute atomic E-state index is 11.3. The zero-order valence-electron chi connectivity index (χ0n) is 21.1. The van der Waals surface area contributed by atoms with Gasteiger partial charge in [-0.15, -0.1) is 0 Å². The highest BCUT2D eigenvalue weighted by atomic mass is 16.5. The quantitative estimate of drug-likeness (QED) is 0.136. The predicted molar refractivity (Wildman–Crippen MR) is 133 cm³/mol. The number of Topliss-reactive ketones (excluding diaryl/α,β-unsaturated/α-hetero) is 2. The van der Waals surface area contributed by atoms with Crippen molar-refractivity contribution in [1.82, 2.24) is 0 Å². The fourth-order valence-electron chi connectivity index (χ4n) is 3.68. The Morgan fingerprint density at radius 2 is 0.853 bits per heavy atom. The summed E-state index contributed by atoms with van der Waals surface area (Å²) >= 11 is 0. The number of benzene rings is 1. The Hall–Kier alpha value is -2.50. The number of unbranched alkanes of at least 4 members (excludes halogenated alkanes) is 8. The molecule has 1 rings (SSSR count). The number of aryl methyl sites for hydroxylation is 2. The fourth-order valence-corrected chi connectivity index (χ4v) is 3.68. The number of carbonyl (C=O) groups is 4. The van der Waals surface area contributed by atoms with Gasteiger partial charge < -0.3 is 9.47 Å². The number of hydrogen-bond donors (Lipinski definition) is 0. The van der Waals surface area contributed by atoms with Gasteiger partial charge in [0.2, 0.25) is 0 Å². The molecule has 1 aromatic carbocycles. The highest BCUT2D eigenvalue weighted by Gasteiger charge is 2.06. The molecule has 0 aliphatic carbocycles. The number of ketones is 2. The third-order valence-electron chi connectivity index (χ3n) is 5.56. The van der Waals surface area contributed by atoms with Gasteiger partial charge in [-0.2, -0.15) is 0 Å². The Bertz CT molecular complexity index is 675. The highest BCUT2D eigenvalue weighted by molar-refractivity contribution is 5.94. The summed E-state index contributed by atoms with van der Waals surface area (Å²) in [4.78, 5) is 44.2. The summed E-state index contributed by atoms with van der Waals surface area (Å²) in [5.74, 6) is -1.15. The molecule has 0 aliphatic rings. The van der Waals surface area contributed by atoms with Crippen LogP contribution in [0.4, 0.5) is 0 Å². The molecule has 34 heavy (non-hydrogen) atoms. The first kappa shape index (κ1) is 29.5. The van der Waals surface area contributed by atoms with Crippen molar-refractivity contribution in [2.75, 3.05) is 13.2 Å². The van der Waals surface area contributed by atoms with Crippen LogP contribution in [0.15, 0.2) is 24.3 Å². The van der Waals surface area contributed by atoms with Crippen LogP contribution in [0.2, 0.25) is 0 Å². The van der Waals surface area contributed by atoms with Gasteiger partial charge in [-0.05, 0) is 63.5 Å². The lowest BCUT2D eigenvalue weighted by molar-refractivity contribution is -0.147. The van der Waals surface area contributed by atoms with Crippen LogP contribution in [0.25, 0.3) is 0 Å². The first-order chi connectivity index (χ1) is 16.4. The second-order valence-electron chi connectivity index (χ2n) is 9.05. The largest absolute Gasteiger partial charge is 0.465 e. The summed E-state index contributed by atoms with van der Waals surface area (Å²) in [5.41, 5.74) is 2.75. The Morgan fingerprint density at radius 1 is 0.529 bits per heavy atom. The minimum atomic E-state index is -0.418. The molecule has 0 saturated heterocycles. The lowest BCUT2D eigenvalue weighted by Gasteiger charge is -2.06. The zero-order valence-corrected chi connectivity index (χ0v) is 21.1. The molecule has 0 N–H and O–H groups in total. The van der Waals surface area contributed by atoms with Gasteiger partial charge in [0, 0.05) is 0 Å². The maximum Gasteiger partial charge on any atom is 0.313 e. The van der Waals surface area contributed by atoms with Crippen LogP contribution in [0.1, 0.15) is 102 Å². The molecule has 0 heterocycles. The minimum absolute atomic E-state index is 0.122. The van der Waals surface area contributed by atoms with Crippen molar-refractivity contribution in [1.29, 1.82) is 0 Å². The molecule has 6 heteroatoms. The second kappa shape index (κ2) is 18.9. The Labute approximate surface area is 204 Å². The van der Waals surface area contributed by atoms with Gasteiger partial charge in [-0.1, -0.05) is 62.8 Å². The third-order valence-corrected chi connectivity index (χ3v) is 5.56. The Morgan fingerprint density at radius 3 is 1.21 bits per heavy atom.